The van der Waals surface area contributed by atoms with Gasteiger partial charge in [0.2, 0.25) is 0 Å². The summed E-state index contributed by atoms with van der Waals surface area (Å²) >= 11 is 1.25. The number of carbonyl (C=O) groups excluding carboxylic acids is 1. The summed E-state index contributed by atoms with van der Waals surface area (Å²) in [6.07, 6.45) is 0. The van der Waals surface area contributed by atoms with Gasteiger partial charge in [0.25, 0.3) is 5.91 Å². The molecule has 1 aromatic heterocycles. The summed E-state index contributed by atoms with van der Waals surface area (Å²) in [5.74, 6) is 0.285. The number of hydrogen-bond acceptors (Lipinski definition) is 5. The summed E-state index contributed by atoms with van der Waals surface area (Å²) < 4.78 is 19.0. The molecular weight excluding hydrogens is 401 g/mol. The Labute approximate surface area is 179 Å². The highest BCUT2D eigenvalue weighted by Crippen LogP contribution is 2.31. The smallest absolute Gasteiger partial charge is 0.263 e. The van der Waals surface area contributed by atoms with Crippen LogP contribution in [-0.2, 0) is 6.54 Å². The normalized spacial score (nSPS) is 10.7. The number of thiazole rings is 1. The first-order valence-corrected chi connectivity index (χ1v) is 10.4. The van der Waals surface area contributed by atoms with Crippen LogP contribution < -0.4 is 10.1 Å². The molecule has 3 rings (SSSR count). The molecule has 154 valence electrons. The molecule has 0 bridgehead atoms. The highest BCUT2D eigenvalue weighted by Gasteiger charge is 2.17. The van der Waals surface area contributed by atoms with E-state index >= 15 is 0 Å². The molecule has 0 spiro atoms. The molecular formula is C23H22FN3O2S. The number of amides is 1. The van der Waals surface area contributed by atoms with Crippen molar-refractivity contribution in [2.45, 2.75) is 27.3 Å². The minimum absolute atomic E-state index is 0.226. The molecule has 1 N–H and O–H groups in total. The topological polar surface area (TPSA) is 75.0 Å². The van der Waals surface area contributed by atoms with Crippen LogP contribution in [0.3, 0.4) is 0 Å². The third-order valence-electron chi connectivity index (χ3n) is 4.26. The summed E-state index contributed by atoms with van der Waals surface area (Å²) in [5.41, 5.74) is 2.46. The molecule has 7 heteroatoms. The van der Waals surface area contributed by atoms with Crippen LogP contribution in [0, 0.1) is 30.0 Å². The van der Waals surface area contributed by atoms with Crippen LogP contribution in [0.1, 0.15) is 40.3 Å². The fraction of sp³-hybridized carbons (Fsp3) is 0.261. The van der Waals surface area contributed by atoms with Crippen molar-refractivity contribution in [2.24, 2.45) is 5.92 Å². The number of hydrogen-bond donors (Lipinski definition) is 1. The second-order valence-electron chi connectivity index (χ2n) is 7.27. The Balaban J connectivity index is 1.76. The fourth-order valence-corrected chi connectivity index (χ4v) is 3.75. The average molecular weight is 424 g/mol. The average Bonchev–Trinajstić information content (AvgIpc) is 3.12. The zero-order chi connectivity index (χ0) is 21.7. The van der Waals surface area contributed by atoms with E-state index in [9.17, 15) is 14.4 Å². The van der Waals surface area contributed by atoms with Gasteiger partial charge in [0.05, 0.1) is 17.9 Å². The molecule has 5 nitrogen and oxygen atoms in total. The van der Waals surface area contributed by atoms with Gasteiger partial charge in [0.1, 0.15) is 27.5 Å². The van der Waals surface area contributed by atoms with Crippen molar-refractivity contribution in [3.05, 3.63) is 70.0 Å². The second kappa shape index (κ2) is 9.51. The standard InChI is InChI=1S/C23H22FN3O2S/c1-14(2)13-29-20-8-7-17(10-18(20)11-25)23-27-15(3)21(30-23)22(28)26-12-16-5-4-6-19(24)9-16/h4-10,14H,12-13H2,1-3H3,(H,26,28). The summed E-state index contributed by atoms with van der Waals surface area (Å²) in [6.45, 7) is 6.60. The molecule has 0 saturated carbocycles. The van der Waals surface area contributed by atoms with Crippen molar-refractivity contribution in [1.82, 2.24) is 10.3 Å². The highest BCUT2D eigenvalue weighted by atomic mass is 32.1. The van der Waals surface area contributed by atoms with E-state index in [1.165, 1.54) is 23.5 Å². The molecule has 0 atom stereocenters. The number of benzene rings is 2. The molecule has 0 aliphatic heterocycles. The first-order chi connectivity index (χ1) is 14.4. The molecule has 0 unspecified atom stereocenters. The quantitative estimate of drug-likeness (QED) is 0.574. The highest BCUT2D eigenvalue weighted by molar-refractivity contribution is 7.17. The molecule has 0 saturated heterocycles. The van der Waals surface area contributed by atoms with Gasteiger partial charge >= 0.3 is 0 Å². The van der Waals surface area contributed by atoms with Crippen LogP contribution in [0.15, 0.2) is 42.5 Å². The second-order valence-corrected chi connectivity index (χ2v) is 8.27. The van der Waals surface area contributed by atoms with Crippen LogP contribution in [0.25, 0.3) is 10.6 Å². The van der Waals surface area contributed by atoms with Crippen molar-refractivity contribution < 1.29 is 13.9 Å². The van der Waals surface area contributed by atoms with Gasteiger partial charge in [-0.05, 0) is 48.7 Å². The molecule has 2 aromatic carbocycles. The van der Waals surface area contributed by atoms with E-state index in [0.29, 0.717) is 45.0 Å². The lowest BCUT2D eigenvalue weighted by Gasteiger charge is -2.10. The van der Waals surface area contributed by atoms with Gasteiger partial charge in [-0.3, -0.25) is 4.79 Å². The summed E-state index contributed by atoms with van der Waals surface area (Å²) in [4.78, 5) is 17.6. The van der Waals surface area contributed by atoms with Crippen LogP contribution in [0.4, 0.5) is 4.39 Å². The van der Waals surface area contributed by atoms with Crippen LogP contribution in [0.2, 0.25) is 0 Å². The van der Waals surface area contributed by atoms with E-state index in [1.807, 2.05) is 19.9 Å². The monoisotopic (exact) mass is 423 g/mol. The number of rotatable bonds is 7. The van der Waals surface area contributed by atoms with E-state index < -0.39 is 0 Å². The first-order valence-electron chi connectivity index (χ1n) is 9.54. The van der Waals surface area contributed by atoms with Gasteiger partial charge in [0.15, 0.2) is 0 Å². The molecule has 30 heavy (non-hydrogen) atoms. The number of aromatic nitrogens is 1. The van der Waals surface area contributed by atoms with Crippen molar-refractivity contribution in [3.8, 4) is 22.4 Å². The van der Waals surface area contributed by atoms with Gasteiger partial charge in [-0.25, -0.2) is 9.37 Å². The number of aryl methyl sites for hydroxylation is 1. The number of nitriles is 1. The van der Waals surface area contributed by atoms with Crippen molar-refractivity contribution in [3.63, 3.8) is 0 Å². The number of halogens is 1. The molecule has 1 amide bonds. The van der Waals surface area contributed by atoms with E-state index in [-0.39, 0.29) is 18.3 Å². The molecule has 0 radical (unpaired) electrons. The van der Waals surface area contributed by atoms with E-state index in [1.54, 1.807) is 31.2 Å². The van der Waals surface area contributed by atoms with Gasteiger partial charge in [0, 0.05) is 12.1 Å². The summed E-state index contributed by atoms with van der Waals surface area (Å²) in [5, 5.41) is 12.9. The van der Waals surface area contributed by atoms with Gasteiger partial charge in [-0.1, -0.05) is 26.0 Å². The molecule has 0 aliphatic rings. The van der Waals surface area contributed by atoms with Gasteiger partial charge < -0.3 is 10.1 Å². The lowest BCUT2D eigenvalue weighted by molar-refractivity contribution is 0.0954. The number of nitrogens with zero attached hydrogens (tertiary/aromatic N) is 2. The predicted octanol–water partition coefficient (Wildman–Crippen LogP) is 5.09. The maximum absolute atomic E-state index is 13.3. The van der Waals surface area contributed by atoms with Gasteiger partial charge in [-0.2, -0.15) is 5.26 Å². The SMILES string of the molecule is Cc1nc(-c2ccc(OCC(C)C)c(C#N)c2)sc1C(=O)NCc1cccc(F)c1. The fourth-order valence-electron chi connectivity index (χ4n) is 2.77. The van der Waals surface area contributed by atoms with Crippen LogP contribution in [-0.4, -0.2) is 17.5 Å². The van der Waals surface area contributed by atoms with Crippen LogP contribution >= 0.6 is 11.3 Å². The molecule has 1 heterocycles. The Bertz CT molecular complexity index is 1100. The van der Waals surface area contributed by atoms with E-state index in [0.717, 1.165) is 5.56 Å². The third-order valence-corrected chi connectivity index (χ3v) is 5.47. The Kier molecular flexibility index (Phi) is 6.80. The number of ether oxygens (including phenoxy) is 1. The maximum Gasteiger partial charge on any atom is 0.263 e. The Hall–Kier alpha value is -3.24. The van der Waals surface area contributed by atoms with E-state index in [4.69, 9.17) is 4.74 Å². The Morgan fingerprint density at radius 2 is 2.10 bits per heavy atom. The molecule has 3 aromatic rings. The molecule has 0 fully saturated rings. The van der Waals surface area contributed by atoms with Crippen molar-refractivity contribution in [1.29, 1.82) is 5.26 Å². The maximum atomic E-state index is 13.3. The largest absolute Gasteiger partial charge is 0.492 e. The number of nitrogens with one attached hydrogen (secondary N) is 1. The predicted molar refractivity (Wildman–Crippen MR) is 115 cm³/mol. The minimum atomic E-state index is -0.341. The zero-order valence-corrected chi connectivity index (χ0v) is 17.8. The number of carbonyl (C=O) groups is 1. The minimum Gasteiger partial charge on any atom is -0.492 e. The first kappa shape index (κ1) is 21.5. The summed E-state index contributed by atoms with van der Waals surface area (Å²) in [6, 6.07) is 13.6. The van der Waals surface area contributed by atoms with Crippen molar-refractivity contribution >= 4 is 17.2 Å². The molecule has 0 aliphatic carbocycles. The van der Waals surface area contributed by atoms with Gasteiger partial charge in [-0.15, -0.1) is 11.3 Å². The Morgan fingerprint density at radius 3 is 2.80 bits per heavy atom. The summed E-state index contributed by atoms with van der Waals surface area (Å²) in [7, 11) is 0. The Morgan fingerprint density at radius 1 is 1.30 bits per heavy atom. The lowest BCUT2D eigenvalue weighted by Crippen LogP contribution is -2.22. The zero-order valence-electron chi connectivity index (χ0n) is 17.0. The van der Waals surface area contributed by atoms with Crippen LogP contribution in [0.5, 0.6) is 5.75 Å². The lowest BCUT2D eigenvalue weighted by atomic mass is 10.1. The van der Waals surface area contributed by atoms with E-state index in [2.05, 4.69) is 16.4 Å². The third kappa shape index (κ3) is 5.22. The van der Waals surface area contributed by atoms with Crippen molar-refractivity contribution in [2.75, 3.05) is 6.61 Å².